The largest absolute Gasteiger partial charge is 0.484 e. The minimum Gasteiger partial charge on any atom is -0.484 e. The second-order valence-corrected chi connectivity index (χ2v) is 8.57. The third kappa shape index (κ3) is 5.32. The molecule has 0 aliphatic carbocycles. The van der Waals surface area contributed by atoms with E-state index in [9.17, 15) is 4.79 Å². The summed E-state index contributed by atoms with van der Waals surface area (Å²) >= 11 is 7.46. The van der Waals surface area contributed by atoms with Gasteiger partial charge in [0.25, 0.3) is 0 Å². The van der Waals surface area contributed by atoms with Gasteiger partial charge in [0, 0.05) is 20.1 Å². The lowest BCUT2D eigenvalue weighted by Crippen LogP contribution is -2.21. The Hall–Kier alpha value is -2.71. The Morgan fingerprint density at radius 1 is 1.13 bits per heavy atom. The van der Waals surface area contributed by atoms with E-state index in [2.05, 4.69) is 26.5 Å². The Morgan fingerprint density at radius 3 is 2.68 bits per heavy atom. The molecule has 0 spiro atoms. The molecule has 0 saturated carbocycles. The molecule has 1 amide bonds. The van der Waals surface area contributed by atoms with Gasteiger partial charge < -0.3 is 19.5 Å². The summed E-state index contributed by atoms with van der Waals surface area (Å²) in [6.07, 6.45) is 2.37. The number of benzene rings is 2. The number of para-hydroxylation sites is 3. The highest BCUT2D eigenvalue weighted by molar-refractivity contribution is 7.99. The molecule has 0 radical (unpaired) electrons. The van der Waals surface area contributed by atoms with Crippen molar-refractivity contribution in [2.24, 2.45) is 7.05 Å². The van der Waals surface area contributed by atoms with Crippen LogP contribution in [0.4, 0.5) is 11.4 Å². The fourth-order valence-corrected chi connectivity index (χ4v) is 4.35. The number of hydrogen-bond donors (Lipinski definition) is 1. The van der Waals surface area contributed by atoms with Gasteiger partial charge in [-0.3, -0.25) is 4.79 Å². The van der Waals surface area contributed by atoms with Gasteiger partial charge in [-0.25, -0.2) is 0 Å². The molecule has 162 valence electrons. The van der Waals surface area contributed by atoms with Crippen molar-refractivity contribution in [3.8, 4) is 5.75 Å². The van der Waals surface area contributed by atoms with Crippen LogP contribution in [0.2, 0.25) is 5.02 Å². The van der Waals surface area contributed by atoms with Gasteiger partial charge >= 0.3 is 0 Å². The zero-order chi connectivity index (χ0) is 21.6. The Kier molecular flexibility index (Phi) is 6.99. The molecule has 9 heteroatoms. The average molecular weight is 458 g/mol. The first-order valence-electron chi connectivity index (χ1n) is 10.1. The van der Waals surface area contributed by atoms with Gasteiger partial charge in [-0.05, 0) is 37.1 Å². The minimum absolute atomic E-state index is 0.0754. The van der Waals surface area contributed by atoms with Gasteiger partial charge in [-0.2, -0.15) is 0 Å². The van der Waals surface area contributed by atoms with E-state index < -0.39 is 0 Å². The summed E-state index contributed by atoms with van der Waals surface area (Å²) in [5.41, 5.74) is 1.93. The number of carbonyl (C=O) groups is 1. The fourth-order valence-electron chi connectivity index (χ4n) is 3.43. The summed E-state index contributed by atoms with van der Waals surface area (Å²) in [5.74, 6) is 1.42. The number of nitrogens with one attached hydrogen (secondary N) is 1. The van der Waals surface area contributed by atoms with Crippen molar-refractivity contribution < 1.29 is 9.53 Å². The number of aromatic nitrogens is 3. The summed E-state index contributed by atoms with van der Waals surface area (Å²) in [7, 11) is 1.86. The van der Waals surface area contributed by atoms with Gasteiger partial charge in [-0.1, -0.05) is 47.6 Å². The van der Waals surface area contributed by atoms with Crippen LogP contribution in [0.15, 0.2) is 53.7 Å². The molecule has 3 aromatic rings. The van der Waals surface area contributed by atoms with Crippen molar-refractivity contribution in [3.05, 3.63) is 59.4 Å². The Balaban J connectivity index is 1.33. The van der Waals surface area contributed by atoms with E-state index in [0.29, 0.717) is 21.8 Å². The number of hydrogen-bond acceptors (Lipinski definition) is 6. The normalized spacial score (nSPS) is 13.4. The number of halogens is 1. The molecule has 1 fully saturated rings. The number of amides is 1. The number of anilines is 2. The topological polar surface area (TPSA) is 72.3 Å². The Labute approximate surface area is 190 Å². The van der Waals surface area contributed by atoms with Gasteiger partial charge in [0.15, 0.2) is 11.0 Å². The molecule has 0 bridgehead atoms. The molecule has 0 atom stereocenters. The van der Waals surface area contributed by atoms with E-state index in [1.807, 2.05) is 41.9 Å². The SMILES string of the molecule is Cn1c(COc2ccccc2Cl)nnc1SCC(=O)Nc1ccccc1N1CCCC1. The molecule has 0 unspecified atom stereocenters. The van der Waals surface area contributed by atoms with Gasteiger partial charge in [0.1, 0.15) is 12.4 Å². The fraction of sp³-hybridized carbons (Fsp3) is 0.318. The maximum absolute atomic E-state index is 12.6. The van der Waals surface area contributed by atoms with E-state index >= 15 is 0 Å². The lowest BCUT2D eigenvalue weighted by Gasteiger charge is -2.21. The second-order valence-electron chi connectivity index (χ2n) is 7.23. The third-order valence-corrected chi connectivity index (χ3v) is 6.41. The minimum atomic E-state index is -0.0754. The highest BCUT2D eigenvalue weighted by atomic mass is 35.5. The molecule has 1 aromatic heterocycles. The maximum Gasteiger partial charge on any atom is 0.234 e. The van der Waals surface area contributed by atoms with Crippen molar-refractivity contribution >= 4 is 40.6 Å². The van der Waals surface area contributed by atoms with E-state index in [0.717, 1.165) is 24.5 Å². The van der Waals surface area contributed by atoms with Crippen LogP contribution in [0, 0.1) is 0 Å². The molecule has 1 aliphatic heterocycles. The molecular weight excluding hydrogens is 434 g/mol. The molecule has 4 rings (SSSR count). The zero-order valence-electron chi connectivity index (χ0n) is 17.3. The smallest absolute Gasteiger partial charge is 0.234 e. The van der Waals surface area contributed by atoms with Crippen LogP contribution < -0.4 is 15.0 Å². The Bertz CT molecular complexity index is 1050. The number of rotatable bonds is 8. The van der Waals surface area contributed by atoms with Crippen LogP contribution in [0.5, 0.6) is 5.75 Å². The third-order valence-electron chi connectivity index (χ3n) is 5.08. The molecule has 2 heterocycles. The number of ether oxygens (including phenoxy) is 1. The van der Waals surface area contributed by atoms with Gasteiger partial charge in [-0.15, -0.1) is 10.2 Å². The van der Waals surface area contributed by atoms with Crippen molar-refractivity contribution in [2.75, 3.05) is 29.1 Å². The van der Waals surface area contributed by atoms with Crippen molar-refractivity contribution in [1.29, 1.82) is 0 Å². The average Bonchev–Trinajstić information content (AvgIpc) is 3.43. The molecule has 2 aromatic carbocycles. The maximum atomic E-state index is 12.6. The first-order valence-corrected chi connectivity index (χ1v) is 11.5. The zero-order valence-corrected chi connectivity index (χ0v) is 18.8. The van der Waals surface area contributed by atoms with E-state index in [1.165, 1.54) is 24.6 Å². The molecular formula is C22H24ClN5O2S. The summed E-state index contributed by atoms with van der Waals surface area (Å²) in [4.78, 5) is 14.9. The van der Waals surface area contributed by atoms with Crippen molar-refractivity contribution in [3.63, 3.8) is 0 Å². The quantitative estimate of drug-likeness (QED) is 0.506. The Morgan fingerprint density at radius 2 is 1.87 bits per heavy atom. The van der Waals surface area contributed by atoms with E-state index in [4.69, 9.17) is 16.3 Å². The monoisotopic (exact) mass is 457 g/mol. The van der Waals surface area contributed by atoms with Crippen LogP contribution in [0.1, 0.15) is 18.7 Å². The standard InChI is InChI=1S/C22H24ClN5O2S/c1-27-20(14-30-19-11-5-2-8-16(19)23)25-26-22(27)31-15-21(29)24-17-9-3-4-10-18(17)28-12-6-7-13-28/h2-5,8-11H,6-7,12-15H2,1H3,(H,24,29). The van der Waals surface area contributed by atoms with Crippen molar-refractivity contribution in [1.82, 2.24) is 14.8 Å². The lowest BCUT2D eigenvalue weighted by molar-refractivity contribution is -0.113. The predicted octanol–water partition coefficient (Wildman–Crippen LogP) is 4.38. The summed E-state index contributed by atoms with van der Waals surface area (Å²) in [6, 6.07) is 15.2. The lowest BCUT2D eigenvalue weighted by atomic mass is 10.2. The highest BCUT2D eigenvalue weighted by Gasteiger charge is 2.17. The second kappa shape index (κ2) is 10.1. The number of nitrogens with zero attached hydrogens (tertiary/aromatic N) is 4. The first-order chi connectivity index (χ1) is 15.1. The summed E-state index contributed by atoms with van der Waals surface area (Å²) in [5, 5.41) is 12.6. The first kappa shape index (κ1) is 21.5. The summed E-state index contributed by atoms with van der Waals surface area (Å²) < 4.78 is 7.56. The van der Waals surface area contributed by atoms with Crippen LogP contribution in [-0.2, 0) is 18.4 Å². The van der Waals surface area contributed by atoms with Crippen LogP contribution in [0.3, 0.4) is 0 Å². The van der Waals surface area contributed by atoms with E-state index in [1.54, 1.807) is 12.1 Å². The van der Waals surface area contributed by atoms with E-state index in [-0.39, 0.29) is 18.3 Å². The van der Waals surface area contributed by atoms with Crippen LogP contribution in [-0.4, -0.2) is 39.5 Å². The summed E-state index contributed by atoms with van der Waals surface area (Å²) in [6.45, 7) is 2.29. The van der Waals surface area contributed by atoms with Gasteiger partial charge in [0.05, 0.1) is 22.2 Å². The molecule has 1 aliphatic rings. The van der Waals surface area contributed by atoms with Crippen molar-refractivity contribution in [2.45, 2.75) is 24.6 Å². The number of thioether (sulfide) groups is 1. The predicted molar refractivity (Wildman–Crippen MR) is 124 cm³/mol. The molecule has 1 saturated heterocycles. The van der Waals surface area contributed by atoms with Crippen LogP contribution >= 0.6 is 23.4 Å². The molecule has 1 N–H and O–H groups in total. The van der Waals surface area contributed by atoms with Crippen LogP contribution in [0.25, 0.3) is 0 Å². The number of carbonyl (C=O) groups excluding carboxylic acids is 1. The molecule has 7 nitrogen and oxygen atoms in total. The highest BCUT2D eigenvalue weighted by Crippen LogP contribution is 2.29. The molecule has 31 heavy (non-hydrogen) atoms. The van der Waals surface area contributed by atoms with Gasteiger partial charge in [0.2, 0.25) is 5.91 Å².